The third kappa shape index (κ3) is 3.54. The first-order valence-electron chi connectivity index (χ1n) is 7.26. The standard InChI is InChI=1S/C17H23NO/c1-3-4-5-6-11-17(19)16-12-13(2)14-9-7-8-10-15(14)18-16/h7-10,12,17,19H,3-6,11H2,1-2H3. The molecule has 0 aliphatic carbocycles. The molecule has 0 amide bonds. The predicted octanol–water partition coefficient (Wildman–Crippen LogP) is 4.55. The van der Waals surface area contributed by atoms with Gasteiger partial charge in [-0.05, 0) is 31.0 Å². The molecule has 1 heterocycles. The van der Waals surface area contributed by atoms with Crippen molar-refractivity contribution in [1.82, 2.24) is 4.98 Å². The molecule has 0 bridgehead atoms. The Morgan fingerprint density at radius 2 is 1.95 bits per heavy atom. The van der Waals surface area contributed by atoms with Crippen molar-refractivity contribution in [2.24, 2.45) is 0 Å². The number of aryl methyl sites for hydroxylation is 1. The lowest BCUT2D eigenvalue weighted by atomic mass is 10.0. The number of aliphatic hydroxyl groups is 1. The number of pyridine rings is 1. The molecule has 0 spiro atoms. The smallest absolute Gasteiger partial charge is 0.0960 e. The van der Waals surface area contributed by atoms with Gasteiger partial charge >= 0.3 is 0 Å². The van der Waals surface area contributed by atoms with Crippen molar-refractivity contribution in [3.63, 3.8) is 0 Å². The number of aromatic nitrogens is 1. The van der Waals surface area contributed by atoms with Crippen LogP contribution in [0.3, 0.4) is 0 Å². The molecular formula is C17H23NO. The fourth-order valence-corrected chi connectivity index (χ4v) is 2.46. The molecule has 0 saturated heterocycles. The molecule has 2 nitrogen and oxygen atoms in total. The normalized spacial score (nSPS) is 12.8. The summed E-state index contributed by atoms with van der Waals surface area (Å²) in [5, 5.41) is 11.4. The van der Waals surface area contributed by atoms with E-state index in [0.717, 1.165) is 24.1 Å². The fourth-order valence-electron chi connectivity index (χ4n) is 2.46. The zero-order chi connectivity index (χ0) is 13.7. The monoisotopic (exact) mass is 257 g/mol. The maximum absolute atomic E-state index is 10.2. The third-order valence-electron chi connectivity index (χ3n) is 3.62. The number of para-hydroxylation sites is 1. The van der Waals surface area contributed by atoms with Gasteiger partial charge in [0.05, 0.1) is 17.3 Å². The van der Waals surface area contributed by atoms with Gasteiger partial charge < -0.3 is 5.11 Å². The van der Waals surface area contributed by atoms with Crippen molar-refractivity contribution in [2.45, 2.75) is 52.1 Å². The summed E-state index contributed by atoms with van der Waals surface area (Å²) < 4.78 is 0. The van der Waals surface area contributed by atoms with Crippen LogP contribution in [0.1, 0.15) is 56.4 Å². The lowest BCUT2D eigenvalue weighted by molar-refractivity contribution is 0.159. The maximum atomic E-state index is 10.2. The predicted molar refractivity (Wildman–Crippen MR) is 80.2 cm³/mol. The van der Waals surface area contributed by atoms with E-state index in [2.05, 4.69) is 24.9 Å². The Kier molecular flexibility index (Phi) is 4.92. The van der Waals surface area contributed by atoms with E-state index in [-0.39, 0.29) is 0 Å². The van der Waals surface area contributed by atoms with Gasteiger partial charge in [0.1, 0.15) is 0 Å². The molecule has 1 aromatic carbocycles. The third-order valence-corrected chi connectivity index (χ3v) is 3.62. The summed E-state index contributed by atoms with van der Waals surface area (Å²) in [6, 6.07) is 10.1. The number of hydrogen-bond donors (Lipinski definition) is 1. The van der Waals surface area contributed by atoms with Crippen LogP contribution in [-0.2, 0) is 0 Å². The molecule has 2 rings (SSSR count). The highest BCUT2D eigenvalue weighted by Gasteiger charge is 2.11. The van der Waals surface area contributed by atoms with E-state index in [1.165, 1.54) is 30.2 Å². The van der Waals surface area contributed by atoms with Gasteiger partial charge in [-0.3, -0.25) is 4.98 Å². The Bertz CT molecular complexity index is 536. The van der Waals surface area contributed by atoms with E-state index >= 15 is 0 Å². The Labute approximate surface area is 115 Å². The summed E-state index contributed by atoms with van der Waals surface area (Å²) in [5.74, 6) is 0. The van der Waals surface area contributed by atoms with E-state index in [4.69, 9.17) is 0 Å². The van der Waals surface area contributed by atoms with E-state index in [0.29, 0.717) is 0 Å². The Hall–Kier alpha value is -1.41. The van der Waals surface area contributed by atoms with Gasteiger partial charge in [-0.25, -0.2) is 0 Å². The Morgan fingerprint density at radius 1 is 1.16 bits per heavy atom. The van der Waals surface area contributed by atoms with Crippen molar-refractivity contribution < 1.29 is 5.11 Å². The highest BCUT2D eigenvalue weighted by Crippen LogP contribution is 2.23. The number of rotatable bonds is 6. The molecule has 0 aliphatic heterocycles. The van der Waals surface area contributed by atoms with Crippen molar-refractivity contribution in [2.75, 3.05) is 0 Å². The molecule has 1 aromatic heterocycles. The van der Waals surface area contributed by atoms with Crippen LogP contribution >= 0.6 is 0 Å². The molecule has 2 heteroatoms. The number of unbranched alkanes of at least 4 members (excludes halogenated alkanes) is 3. The van der Waals surface area contributed by atoms with E-state index in [1.807, 2.05) is 24.3 Å². The Morgan fingerprint density at radius 3 is 2.74 bits per heavy atom. The summed E-state index contributed by atoms with van der Waals surface area (Å²) in [4.78, 5) is 4.58. The SMILES string of the molecule is CCCCCCC(O)c1cc(C)c2ccccc2n1. The first-order chi connectivity index (χ1) is 9.22. The van der Waals surface area contributed by atoms with Crippen LogP contribution in [-0.4, -0.2) is 10.1 Å². The van der Waals surface area contributed by atoms with Gasteiger partial charge in [0.2, 0.25) is 0 Å². The van der Waals surface area contributed by atoms with E-state index in [1.54, 1.807) is 0 Å². The summed E-state index contributed by atoms with van der Waals surface area (Å²) >= 11 is 0. The van der Waals surface area contributed by atoms with E-state index in [9.17, 15) is 5.11 Å². The molecule has 102 valence electrons. The van der Waals surface area contributed by atoms with E-state index < -0.39 is 6.10 Å². The zero-order valence-electron chi connectivity index (χ0n) is 11.9. The molecule has 1 unspecified atom stereocenters. The first kappa shape index (κ1) is 14.0. The van der Waals surface area contributed by atoms with Crippen LogP contribution in [0, 0.1) is 6.92 Å². The minimum Gasteiger partial charge on any atom is -0.387 e. The van der Waals surface area contributed by atoms with Gasteiger partial charge in [0.15, 0.2) is 0 Å². The van der Waals surface area contributed by atoms with Crippen LogP contribution in [0.15, 0.2) is 30.3 Å². The molecule has 0 radical (unpaired) electrons. The van der Waals surface area contributed by atoms with Crippen LogP contribution in [0.2, 0.25) is 0 Å². The van der Waals surface area contributed by atoms with Gasteiger partial charge in [-0.2, -0.15) is 0 Å². The largest absolute Gasteiger partial charge is 0.387 e. The number of nitrogens with zero attached hydrogens (tertiary/aromatic N) is 1. The summed E-state index contributed by atoms with van der Waals surface area (Å²) in [7, 11) is 0. The number of hydrogen-bond acceptors (Lipinski definition) is 2. The quantitative estimate of drug-likeness (QED) is 0.770. The minimum atomic E-state index is -0.430. The average Bonchev–Trinajstić information content (AvgIpc) is 2.43. The van der Waals surface area contributed by atoms with Crippen LogP contribution < -0.4 is 0 Å². The minimum absolute atomic E-state index is 0.430. The topological polar surface area (TPSA) is 33.1 Å². The fraction of sp³-hybridized carbons (Fsp3) is 0.471. The molecular weight excluding hydrogens is 234 g/mol. The van der Waals surface area contributed by atoms with Crippen LogP contribution in [0.4, 0.5) is 0 Å². The highest BCUT2D eigenvalue weighted by atomic mass is 16.3. The van der Waals surface area contributed by atoms with Crippen molar-refractivity contribution in [3.8, 4) is 0 Å². The summed E-state index contributed by atoms with van der Waals surface area (Å²) in [5.41, 5.74) is 2.98. The molecule has 1 N–H and O–H groups in total. The lowest BCUT2D eigenvalue weighted by Crippen LogP contribution is -2.02. The van der Waals surface area contributed by atoms with Gasteiger partial charge in [-0.15, -0.1) is 0 Å². The number of aliphatic hydroxyl groups excluding tert-OH is 1. The number of benzene rings is 1. The second kappa shape index (κ2) is 6.67. The summed E-state index contributed by atoms with van der Waals surface area (Å²) in [6.45, 7) is 4.28. The Balaban J connectivity index is 2.11. The van der Waals surface area contributed by atoms with Crippen molar-refractivity contribution in [3.05, 3.63) is 41.6 Å². The van der Waals surface area contributed by atoms with Gasteiger partial charge in [0, 0.05) is 5.39 Å². The summed E-state index contributed by atoms with van der Waals surface area (Å²) in [6.07, 6.45) is 5.12. The molecule has 19 heavy (non-hydrogen) atoms. The molecule has 0 saturated carbocycles. The first-order valence-corrected chi connectivity index (χ1v) is 7.26. The average molecular weight is 257 g/mol. The lowest BCUT2D eigenvalue weighted by Gasteiger charge is -2.12. The highest BCUT2D eigenvalue weighted by molar-refractivity contribution is 5.82. The van der Waals surface area contributed by atoms with Crippen LogP contribution in [0.5, 0.6) is 0 Å². The van der Waals surface area contributed by atoms with Crippen LogP contribution in [0.25, 0.3) is 10.9 Å². The molecule has 0 fully saturated rings. The zero-order valence-corrected chi connectivity index (χ0v) is 11.9. The van der Waals surface area contributed by atoms with Gasteiger partial charge in [0.25, 0.3) is 0 Å². The van der Waals surface area contributed by atoms with Gasteiger partial charge in [-0.1, -0.05) is 50.8 Å². The molecule has 0 aliphatic rings. The molecule has 2 aromatic rings. The van der Waals surface area contributed by atoms with Crippen molar-refractivity contribution in [1.29, 1.82) is 0 Å². The maximum Gasteiger partial charge on any atom is 0.0960 e. The second-order valence-electron chi connectivity index (χ2n) is 5.25. The molecule has 1 atom stereocenters. The number of fused-ring (bicyclic) bond motifs is 1. The van der Waals surface area contributed by atoms with Crippen molar-refractivity contribution >= 4 is 10.9 Å². The second-order valence-corrected chi connectivity index (χ2v) is 5.25.